The number of carbonyl (C=O) groups excluding carboxylic acids is 1. The zero-order valence-corrected chi connectivity index (χ0v) is 16.5. The molecule has 0 aliphatic heterocycles. The predicted octanol–water partition coefficient (Wildman–Crippen LogP) is 6.26. The summed E-state index contributed by atoms with van der Waals surface area (Å²) in [4.78, 5) is 17.7. The van der Waals surface area contributed by atoms with Crippen molar-refractivity contribution in [2.45, 2.75) is 31.9 Å². The Morgan fingerprint density at radius 3 is 2.47 bits per heavy atom. The Bertz CT molecular complexity index is 1060. The average molecular weight is 433 g/mol. The molecule has 8 heteroatoms. The van der Waals surface area contributed by atoms with Crippen molar-refractivity contribution in [3.05, 3.63) is 76.5 Å². The first-order valence-electron chi connectivity index (χ1n) is 9.36. The molecule has 1 radical (unpaired) electrons. The van der Waals surface area contributed by atoms with Gasteiger partial charge in [0.2, 0.25) is 5.91 Å². The number of benzene rings is 2. The van der Waals surface area contributed by atoms with Crippen molar-refractivity contribution in [2.24, 2.45) is 0 Å². The van der Waals surface area contributed by atoms with Gasteiger partial charge in [0.25, 0.3) is 0 Å². The normalized spacial score (nSPS) is 14.4. The first-order chi connectivity index (χ1) is 14.3. The monoisotopic (exact) mass is 433 g/mol. The first-order valence-corrected chi connectivity index (χ1v) is 10.2. The van der Waals surface area contributed by atoms with Crippen LogP contribution in [0.4, 0.5) is 23.2 Å². The molecule has 1 N–H and O–H groups in total. The van der Waals surface area contributed by atoms with Gasteiger partial charge in [-0.15, -0.1) is 11.3 Å². The van der Waals surface area contributed by atoms with E-state index in [4.69, 9.17) is 0 Å². The van der Waals surface area contributed by atoms with Crippen LogP contribution in [0.25, 0.3) is 10.4 Å². The van der Waals surface area contributed by atoms with Gasteiger partial charge in [-0.3, -0.25) is 4.79 Å². The molecule has 4 rings (SSSR count). The Kier molecular flexibility index (Phi) is 5.60. The number of anilines is 1. The molecule has 1 fully saturated rings. The van der Waals surface area contributed by atoms with Gasteiger partial charge >= 0.3 is 6.18 Å². The van der Waals surface area contributed by atoms with E-state index in [2.05, 4.69) is 10.3 Å². The summed E-state index contributed by atoms with van der Waals surface area (Å²) in [6, 6.07) is 9.12. The molecule has 0 spiro atoms. The number of hydrogen-bond acceptors (Lipinski definition) is 3. The molecule has 0 atom stereocenters. The Hall–Kier alpha value is -2.74. The van der Waals surface area contributed by atoms with Crippen LogP contribution in [0.15, 0.2) is 48.7 Å². The highest BCUT2D eigenvalue weighted by Gasteiger charge is 2.31. The summed E-state index contributed by atoms with van der Waals surface area (Å²) in [5.74, 6) is -0.0572. The van der Waals surface area contributed by atoms with E-state index in [-0.39, 0.29) is 5.56 Å². The van der Waals surface area contributed by atoms with Gasteiger partial charge in [0.15, 0.2) is 0 Å². The average Bonchev–Trinajstić information content (AvgIpc) is 3.11. The summed E-state index contributed by atoms with van der Waals surface area (Å²) in [6.07, 6.45) is 0.157. The van der Waals surface area contributed by atoms with Crippen LogP contribution in [0, 0.1) is 11.7 Å². The molecule has 0 saturated heterocycles. The smallest absolute Gasteiger partial charge is 0.326 e. The highest BCUT2D eigenvalue weighted by atomic mass is 32.1. The SMILES string of the molecule is O=C(Cc1cc(C(F)(F)F)ccc1F)Nc1ccc(-c2cnc([C]3CCC3)s2)cc1. The van der Waals surface area contributed by atoms with E-state index in [0.717, 1.165) is 34.4 Å². The van der Waals surface area contributed by atoms with Gasteiger partial charge in [0, 0.05) is 17.8 Å². The minimum absolute atomic E-state index is 0.301. The van der Waals surface area contributed by atoms with E-state index < -0.39 is 29.9 Å². The quantitative estimate of drug-likeness (QED) is 0.483. The van der Waals surface area contributed by atoms with Crippen LogP contribution >= 0.6 is 11.3 Å². The van der Waals surface area contributed by atoms with Gasteiger partial charge in [-0.1, -0.05) is 18.6 Å². The van der Waals surface area contributed by atoms with Crippen LogP contribution in [0.3, 0.4) is 0 Å². The van der Waals surface area contributed by atoms with E-state index >= 15 is 0 Å². The molecule has 1 amide bonds. The fourth-order valence-electron chi connectivity index (χ4n) is 3.12. The molecular weight excluding hydrogens is 416 g/mol. The summed E-state index contributed by atoms with van der Waals surface area (Å²) in [5.41, 5.74) is 0.152. The molecule has 1 aromatic heterocycles. The van der Waals surface area contributed by atoms with E-state index in [9.17, 15) is 22.4 Å². The lowest BCUT2D eigenvalue weighted by Crippen LogP contribution is -2.16. The first kappa shape index (κ1) is 20.5. The fraction of sp³-hybridized carbons (Fsp3) is 0.227. The van der Waals surface area contributed by atoms with Gasteiger partial charge < -0.3 is 5.32 Å². The number of amides is 1. The maximum absolute atomic E-state index is 13.8. The molecule has 0 bridgehead atoms. The predicted molar refractivity (Wildman–Crippen MR) is 107 cm³/mol. The lowest BCUT2D eigenvalue weighted by molar-refractivity contribution is -0.137. The molecule has 3 nitrogen and oxygen atoms in total. The van der Waals surface area contributed by atoms with Crippen molar-refractivity contribution in [3.8, 4) is 10.4 Å². The number of nitrogens with one attached hydrogen (secondary N) is 1. The number of aromatic nitrogens is 1. The largest absolute Gasteiger partial charge is 0.416 e. The van der Waals surface area contributed by atoms with Crippen molar-refractivity contribution in [1.29, 1.82) is 0 Å². The Morgan fingerprint density at radius 2 is 1.83 bits per heavy atom. The third kappa shape index (κ3) is 4.53. The molecular formula is C22H17F4N2OS. The molecule has 3 aromatic rings. The number of thiazole rings is 1. The molecule has 1 aliphatic carbocycles. The third-order valence-electron chi connectivity index (χ3n) is 4.94. The van der Waals surface area contributed by atoms with Crippen molar-refractivity contribution in [2.75, 3.05) is 5.32 Å². The second-order valence-corrected chi connectivity index (χ2v) is 8.12. The van der Waals surface area contributed by atoms with Crippen LogP contribution in [0.5, 0.6) is 0 Å². The molecule has 30 heavy (non-hydrogen) atoms. The van der Waals surface area contributed by atoms with E-state index in [1.807, 2.05) is 18.3 Å². The second kappa shape index (κ2) is 8.18. The molecule has 0 unspecified atom stereocenters. The Labute approximate surface area is 174 Å². The summed E-state index contributed by atoms with van der Waals surface area (Å²) in [7, 11) is 0. The second-order valence-electron chi connectivity index (χ2n) is 7.09. The number of hydrogen-bond donors (Lipinski definition) is 1. The number of nitrogens with zero attached hydrogens (tertiary/aromatic N) is 1. The van der Waals surface area contributed by atoms with Crippen LogP contribution in [-0.4, -0.2) is 10.9 Å². The summed E-state index contributed by atoms with van der Waals surface area (Å²) < 4.78 is 52.2. The lowest BCUT2D eigenvalue weighted by Gasteiger charge is -2.21. The van der Waals surface area contributed by atoms with Crippen LogP contribution in [-0.2, 0) is 17.4 Å². The minimum atomic E-state index is -4.59. The molecule has 1 saturated carbocycles. The van der Waals surface area contributed by atoms with Gasteiger partial charge in [-0.2, -0.15) is 13.2 Å². The van der Waals surface area contributed by atoms with Crippen molar-refractivity contribution in [1.82, 2.24) is 4.98 Å². The highest BCUT2D eigenvalue weighted by Crippen LogP contribution is 2.39. The molecule has 1 aliphatic rings. The van der Waals surface area contributed by atoms with Crippen LogP contribution < -0.4 is 5.32 Å². The summed E-state index contributed by atoms with van der Waals surface area (Å²) in [5, 5.41) is 3.66. The van der Waals surface area contributed by atoms with Crippen molar-refractivity contribution < 1.29 is 22.4 Å². The number of halogens is 4. The van der Waals surface area contributed by atoms with Crippen LogP contribution in [0.2, 0.25) is 0 Å². The van der Waals surface area contributed by atoms with Gasteiger partial charge in [-0.25, -0.2) is 9.37 Å². The Balaban J connectivity index is 1.41. The maximum atomic E-state index is 13.8. The van der Waals surface area contributed by atoms with E-state index in [1.54, 1.807) is 23.5 Å². The van der Waals surface area contributed by atoms with Gasteiger partial charge in [0.1, 0.15) is 10.8 Å². The van der Waals surface area contributed by atoms with E-state index in [1.165, 1.54) is 12.3 Å². The fourth-order valence-corrected chi connectivity index (χ4v) is 4.14. The lowest BCUT2D eigenvalue weighted by atomic mass is 9.86. The highest BCUT2D eigenvalue weighted by molar-refractivity contribution is 7.15. The van der Waals surface area contributed by atoms with Crippen molar-refractivity contribution >= 4 is 22.9 Å². The topological polar surface area (TPSA) is 42.0 Å². The molecule has 155 valence electrons. The molecule has 2 aromatic carbocycles. The zero-order valence-electron chi connectivity index (χ0n) is 15.7. The molecule has 1 heterocycles. The number of alkyl halides is 3. The Morgan fingerprint density at radius 1 is 1.10 bits per heavy atom. The summed E-state index contributed by atoms with van der Waals surface area (Å²) >= 11 is 1.63. The third-order valence-corrected chi connectivity index (χ3v) is 6.09. The maximum Gasteiger partial charge on any atom is 0.416 e. The van der Waals surface area contributed by atoms with Crippen molar-refractivity contribution in [3.63, 3.8) is 0 Å². The summed E-state index contributed by atoms with van der Waals surface area (Å²) in [6.45, 7) is 0. The van der Waals surface area contributed by atoms with Gasteiger partial charge in [-0.05, 0) is 54.3 Å². The minimum Gasteiger partial charge on any atom is -0.326 e. The zero-order chi connectivity index (χ0) is 21.3. The van der Waals surface area contributed by atoms with Crippen LogP contribution in [0.1, 0.15) is 35.4 Å². The number of rotatable bonds is 5. The van der Waals surface area contributed by atoms with E-state index in [0.29, 0.717) is 17.8 Å². The van der Waals surface area contributed by atoms with Gasteiger partial charge in [0.05, 0.1) is 16.9 Å². The number of carbonyl (C=O) groups is 1. The standard InChI is InChI=1S/C22H17F4N2OS/c23-18-9-6-16(22(24,25)26)10-15(18)11-20(29)28-17-7-4-13(5-8-17)19-12-27-21(30-19)14-2-1-3-14/h4-10,12H,1-3,11H2,(H,28,29).